The van der Waals surface area contributed by atoms with E-state index in [-0.39, 0.29) is 39.9 Å². The number of nitrogens with zero attached hydrogens (tertiary/aromatic N) is 3. The van der Waals surface area contributed by atoms with Crippen molar-refractivity contribution in [2.45, 2.75) is 25.7 Å². The number of hydrogen-bond donors (Lipinski definition) is 3. The van der Waals surface area contributed by atoms with Gasteiger partial charge in [-0.2, -0.15) is 0 Å². The molecule has 2 aromatic heterocycles. The van der Waals surface area contributed by atoms with Crippen LogP contribution in [-0.4, -0.2) is 32.3 Å². The molecular weight excluding hydrogens is 546 g/mol. The molecule has 0 saturated heterocycles. The van der Waals surface area contributed by atoms with Gasteiger partial charge < -0.3 is 20.7 Å². The van der Waals surface area contributed by atoms with E-state index in [1.54, 1.807) is 6.07 Å². The Morgan fingerprint density at radius 1 is 0.925 bits per heavy atom. The average Bonchev–Trinajstić information content (AvgIpc) is 3.84. The molecule has 0 spiro atoms. The standard InChI is InChI=1S/C27H21ClF2N6O4/c28-17-11-15(3-5-18(17)29)31-25(38)27(9-10-27)26(39)32-16-4-6-20(19(30)12-16)40-23-8-7-22-33-21(13-36(22)35-23)34-24(37)14-1-2-14/h3-8,11-14H,1-2,9-10H2,(H,31,38)(H,32,39)(H,34,37). The molecule has 6 rings (SSSR count). The second kappa shape index (κ2) is 9.87. The number of nitrogens with one attached hydrogen (secondary N) is 3. The first-order chi connectivity index (χ1) is 19.2. The maximum atomic E-state index is 14.9. The molecule has 0 bridgehead atoms. The Balaban J connectivity index is 1.10. The summed E-state index contributed by atoms with van der Waals surface area (Å²) in [4.78, 5) is 42.0. The Kier molecular flexibility index (Phi) is 6.34. The van der Waals surface area contributed by atoms with E-state index in [2.05, 4.69) is 26.0 Å². The summed E-state index contributed by atoms with van der Waals surface area (Å²) >= 11 is 5.76. The molecule has 10 nitrogen and oxygen atoms in total. The fourth-order valence-electron chi connectivity index (χ4n) is 4.08. The number of halogens is 3. The number of amides is 3. The predicted molar refractivity (Wildman–Crippen MR) is 141 cm³/mol. The third kappa shape index (κ3) is 5.17. The molecule has 2 aromatic carbocycles. The summed E-state index contributed by atoms with van der Waals surface area (Å²) in [5, 5.41) is 12.0. The largest absolute Gasteiger partial charge is 0.434 e. The summed E-state index contributed by atoms with van der Waals surface area (Å²) < 4.78 is 35.2. The first-order valence-corrected chi connectivity index (χ1v) is 12.8. The molecule has 40 heavy (non-hydrogen) atoms. The lowest BCUT2D eigenvalue weighted by atomic mass is 10.0. The van der Waals surface area contributed by atoms with E-state index in [0.717, 1.165) is 25.0 Å². The van der Waals surface area contributed by atoms with E-state index >= 15 is 0 Å². The van der Waals surface area contributed by atoms with Crippen LogP contribution in [0.3, 0.4) is 0 Å². The van der Waals surface area contributed by atoms with Crippen LogP contribution in [0.25, 0.3) is 5.65 Å². The highest BCUT2D eigenvalue weighted by atomic mass is 35.5. The van der Waals surface area contributed by atoms with E-state index in [9.17, 15) is 23.2 Å². The number of imidazole rings is 1. The van der Waals surface area contributed by atoms with Crippen LogP contribution in [0.15, 0.2) is 54.7 Å². The number of ether oxygens (including phenoxy) is 1. The van der Waals surface area contributed by atoms with Crippen LogP contribution < -0.4 is 20.7 Å². The maximum Gasteiger partial charge on any atom is 0.240 e. The van der Waals surface area contributed by atoms with Gasteiger partial charge in [0.05, 0.1) is 11.2 Å². The van der Waals surface area contributed by atoms with Crippen molar-refractivity contribution in [1.82, 2.24) is 14.6 Å². The molecular formula is C27H21ClF2N6O4. The van der Waals surface area contributed by atoms with Crippen LogP contribution in [0.4, 0.5) is 26.0 Å². The van der Waals surface area contributed by atoms with Gasteiger partial charge in [0.1, 0.15) is 11.2 Å². The van der Waals surface area contributed by atoms with Gasteiger partial charge in [-0.15, -0.1) is 5.10 Å². The molecule has 2 aliphatic rings. The lowest BCUT2D eigenvalue weighted by Gasteiger charge is -2.16. The van der Waals surface area contributed by atoms with Crippen LogP contribution >= 0.6 is 11.6 Å². The van der Waals surface area contributed by atoms with Gasteiger partial charge in [-0.25, -0.2) is 18.3 Å². The van der Waals surface area contributed by atoms with E-state index in [0.29, 0.717) is 24.3 Å². The maximum absolute atomic E-state index is 14.9. The zero-order valence-corrected chi connectivity index (χ0v) is 21.5. The zero-order chi connectivity index (χ0) is 28.0. The Labute approximate surface area is 230 Å². The smallest absolute Gasteiger partial charge is 0.240 e. The van der Waals surface area contributed by atoms with Crippen LogP contribution in [0.2, 0.25) is 5.02 Å². The van der Waals surface area contributed by atoms with E-state index in [1.807, 2.05) is 0 Å². The molecule has 4 aromatic rings. The summed E-state index contributed by atoms with van der Waals surface area (Å²) in [6.45, 7) is 0. The van der Waals surface area contributed by atoms with Gasteiger partial charge in [-0.1, -0.05) is 11.6 Å². The van der Waals surface area contributed by atoms with Crippen LogP contribution in [0.5, 0.6) is 11.6 Å². The van der Waals surface area contributed by atoms with Gasteiger partial charge in [0, 0.05) is 29.4 Å². The fraction of sp³-hybridized carbons (Fsp3) is 0.222. The number of aromatic nitrogens is 3. The molecule has 3 amide bonds. The van der Waals surface area contributed by atoms with Crippen molar-refractivity contribution < 1.29 is 27.9 Å². The fourth-order valence-corrected chi connectivity index (χ4v) is 4.27. The lowest BCUT2D eigenvalue weighted by molar-refractivity contribution is -0.131. The lowest BCUT2D eigenvalue weighted by Crippen LogP contribution is -2.35. The van der Waals surface area contributed by atoms with Gasteiger partial charge in [0.25, 0.3) is 0 Å². The minimum atomic E-state index is -1.33. The molecule has 2 fully saturated rings. The van der Waals surface area contributed by atoms with Gasteiger partial charge in [0.15, 0.2) is 23.0 Å². The molecule has 13 heteroatoms. The number of benzene rings is 2. The van der Waals surface area contributed by atoms with Crippen molar-refractivity contribution in [3.8, 4) is 11.6 Å². The van der Waals surface area contributed by atoms with Gasteiger partial charge >= 0.3 is 0 Å². The Morgan fingerprint density at radius 3 is 2.27 bits per heavy atom. The highest BCUT2D eigenvalue weighted by Gasteiger charge is 2.56. The normalized spacial score (nSPS) is 15.4. The van der Waals surface area contributed by atoms with Gasteiger partial charge in [0.2, 0.25) is 23.6 Å². The van der Waals surface area contributed by atoms with E-state index < -0.39 is 28.9 Å². The van der Waals surface area contributed by atoms with Crippen LogP contribution in [0, 0.1) is 23.0 Å². The highest BCUT2D eigenvalue weighted by molar-refractivity contribution is 6.31. The Morgan fingerprint density at radius 2 is 1.62 bits per heavy atom. The quantitative estimate of drug-likeness (QED) is 0.253. The minimum Gasteiger partial charge on any atom is -0.434 e. The first-order valence-electron chi connectivity index (χ1n) is 12.4. The van der Waals surface area contributed by atoms with Gasteiger partial charge in [-0.3, -0.25) is 14.4 Å². The summed E-state index contributed by atoms with van der Waals surface area (Å²) in [6, 6.07) is 10.7. The second-order valence-electron chi connectivity index (χ2n) is 9.73. The number of carbonyl (C=O) groups is 3. The number of fused-ring (bicyclic) bond motifs is 1. The van der Waals surface area contributed by atoms with E-state index in [1.165, 1.54) is 41.0 Å². The number of anilines is 3. The van der Waals surface area contributed by atoms with Crippen LogP contribution in [-0.2, 0) is 14.4 Å². The van der Waals surface area contributed by atoms with Crippen molar-refractivity contribution in [2.75, 3.05) is 16.0 Å². The summed E-state index contributed by atoms with van der Waals surface area (Å²) in [5.41, 5.74) is -0.469. The summed E-state index contributed by atoms with van der Waals surface area (Å²) in [5.74, 6) is -2.31. The first kappa shape index (κ1) is 25.7. The molecule has 0 atom stereocenters. The summed E-state index contributed by atoms with van der Waals surface area (Å²) in [7, 11) is 0. The monoisotopic (exact) mass is 566 g/mol. The van der Waals surface area contributed by atoms with Crippen LogP contribution in [0.1, 0.15) is 25.7 Å². The zero-order valence-electron chi connectivity index (χ0n) is 20.7. The number of carbonyl (C=O) groups excluding carboxylic acids is 3. The van der Waals surface area contributed by atoms with Crippen molar-refractivity contribution in [3.05, 3.63) is 71.4 Å². The molecule has 2 saturated carbocycles. The van der Waals surface area contributed by atoms with Gasteiger partial charge in [-0.05, 0) is 62.1 Å². The van der Waals surface area contributed by atoms with E-state index in [4.69, 9.17) is 16.3 Å². The Hall–Kier alpha value is -4.58. The van der Waals surface area contributed by atoms with Crippen molar-refractivity contribution in [2.24, 2.45) is 11.3 Å². The second-order valence-corrected chi connectivity index (χ2v) is 10.1. The minimum absolute atomic E-state index is 0.0281. The molecule has 204 valence electrons. The molecule has 2 aliphatic carbocycles. The molecule has 0 radical (unpaired) electrons. The molecule has 0 unspecified atom stereocenters. The number of rotatable bonds is 8. The highest BCUT2D eigenvalue weighted by Crippen LogP contribution is 2.47. The third-order valence-corrected chi connectivity index (χ3v) is 6.99. The molecule has 3 N–H and O–H groups in total. The van der Waals surface area contributed by atoms with Crippen molar-refractivity contribution in [3.63, 3.8) is 0 Å². The predicted octanol–water partition coefficient (Wildman–Crippen LogP) is 5.16. The molecule has 0 aliphatic heterocycles. The topological polar surface area (TPSA) is 127 Å². The van der Waals surface area contributed by atoms with Crippen molar-refractivity contribution in [1.29, 1.82) is 0 Å². The third-order valence-electron chi connectivity index (χ3n) is 6.70. The molecule has 2 heterocycles. The Bertz CT molecular complexity index is 1690. The van der Waals surface area contributed by atoms with Crippen molar-refractivity contribution >= 4 is 52.2 Å². The summed E-state index contributed by atoms with van der Waals surface area (Å²) in [6.07, 6.45) is 3.88. The SMILES string of the molecule is O=C(Nc1cn2nc(Oc3ccc(NC(=O)C4(C(=O)Nc5ccc(F)c(Cl)c5)CC4)cc3F)ccc2n1)C1CC1. The average molecular weight is 567 g/mol. The number of hydrogen-bond acceptors (Lipinski definition) is 6.